The first-order valence-corrected chi connectivity index (χ1v) is 6.66. The Morgan fingerprint density at radius 1 is 1.28 bits per heavy atom. The maximum Gasteiger partial charge on any atom is 0.120 e. The number of hydrogen-bond donors (Lipinski definition) is 2. The standard InChI is InChI=1S/C15H25NO2/c1-12(2)6-8-18-9-7-16-11-14-10-13(3)4-5-15(14)17/h4-5,10,12,16-17H,6-9,11H2,1-3H3. The highest BCUT2D eigenvalue weighted by Gasteiger charge is 2.00. The van der Waals surface area contributed by atoms with Gasteiger partial charge in [-0.2, -0.15) is 0 Å². The summed E-state index contributed by atoms with van der Waals surface area (Å²) in [5, 5.41) is 12.9. The van der Waals surface area contributed by atoms with Crippen molar-refractivity contribution in [2.75, 3.05) is 19.8 Å². The van der Waals surface area contributed by atoms with E-state index in [-0.39, 0.29) is 0 Å². The molecule has 18 heavy (non-hydrogen) atoms. The van der Waals surface area contributed by atoms with Crippen molar-refractivity contribution in [2.45, 2.75) is 33.7 Å². The summed E-state index contributed by atoms with van der Waals surface area (Å²) < 4.78 is 5.51. The van der Waals surface area contributed by atoms with Crippen molar-refractivity contribution in [3.8, 4) is 5.75 Å². The molecular formula is C15H25NO2. The van der Waals surface area contributed by atoms with Gasteiger partial charge < -0.3 is 15.2 Å². The van der Waals surface area contributed by atoms with E-state index in [1.54, 1.807) is 6.07 Å². The minimum Gasteiger partial charge on any atom is -0.508 e. The third-order valence-corrected chi connectivity index (χ3v) is 2.81. The molecule has 1 aromatic carbocycles. The third kappa shape index (κ3) is 6.03. The SMILES string of the molecule is Cc1ccc(O)c(CNCCOCCC(C)C)c1. The third-order valence-electron chi connectivity index (χ3n) is 2.81. The summed E-state index contributed by atoms with van der Waals surface area (Å²) in [5.74, 6) is 1.05. The molecule has 0 atom stereocenters. The van der Waals surface area contributed by atoms with Crippen LogP contribution >= 0.6 is 0 Å². The summed E-state index contributed by atoms with van der Waals surface area (Å²) in [6, 6.07) is 5.65. The van der Waals surface area contributed by atoms with Gasteiger partial charge in [-0.15, -0.1) is 0 Å². The molecule has 0 aliphatic rings. The second kappa shape index (κ2) is 8.11. The number of nitrogens with one attached hydrogen (secondary N) is 1. The molecule has 3 heteroatoms. The zero-order valence-corrected chi connectivity index (χ0v) is 11.7. The molecule has 0 radical (unpaired) electrons. The van der Waals surface area contributed by atoms with E-state index in [4.69, 9.17) is 4.74 Å². The van der Waals surface area contributed by atoms with E-state index in [1.165, 1.54) is 0 Å². The largest absolute Gasteiger partial charge is 0.508 e. The van der Waals surface area contributed by atoms with Crippen LogP contribution in [0.3, 0.4) is 0 Å². The summed E-state index contributed by atoms with van der Waals surface area (Å²) in [7, 11) is 0. The van der Waals surface area contributed by atoms with Crippen LogP contribution in [0.2, 0.25) is 0 Å². The van der Waals surface area contributed by atoms with Crippen molar-refractivity contribution in [3.63, 3.8) is 0 Å². The van der Waals surface area contributed by atoms with Crippen LogP contribution < -0.4 is 5.32 Å². The summed E-state index contributed by atoms with van der Waals surface area (Å²) in [6.45, 7) is 9.46. The fourth-order valence-corrected chi connectivity index (χ4v) is 1.64. The zero-order valence-electron chi connectivity index (χ0n) is 11.7. The normalized spacial score (nSPS) is 11.1. The van der Waals surface area contributed by atoms with Crippen LogP contribution in [-0.2, 0) is 11.3 Å². The molecule has 0 amide bonds. The Morgan fingerprint density at radius 2 is 2.06 bits per heavy atom. The van der Waals surface area contributed by atoms with E-state index in [2.05, 4.69) is 19.2 Å². The van der Waals surface area contributed by atoms with Gasteiger partial charge in [0.15, 0.2) is 0 Å². The fourth-order valence-electron chi connectivity index (χ4n) is 1.64. The molecule has 0 aromatic heterocycles. The second-order valence-electron chi connectivity index (χ2n) is 5.10. The van der Waals surface area contributed by atoms with E-state index in [0.717, 1.165) is 37.3 Å². The molecular weight excluding hydrogens is 226 g/mol. The number of phenolic OH excluding ortho intramolecular Hbond substituents is 1. The van der Waals surface area contributed by atoms with Gasteiger partial charge in [0.2, 0.25) is 0 Å². The minimum absolute atomic E-state index is 0.355. The molecule has 0 bridgehead atoms. The molecule has 1 aromatic rings. The van der Waals surface area contributed by atoms with E-state index in [0.29, 0.717) is 18.2 Å². The van der Waals surface area contributed by atoms with Gasteiger partial charge in [0.05, 0.1) is 6.61 Å². The molecule has 0 unspecified atom stereocenters. The van der Waals surface area contributed by atoms with Gasteiger partial charge in [-0.1, -0.05) is 31.5 Å². The molecule has 2 N–H and O–H groups in total. The second-order valence-corrected chi connectivity index (χ2v) is 5.10. The van der Waals surface area contributed by atoms with E-state index in [1.807, 2.05) is 19.1 Å². The summed E-state index contributed by atoms with van der Waals surface area (Å²) in [5.41, 5.74) is 2.11. The van der Waals surface area contributed by atoms with Crippen LogP contribution in [0.4, 0.5) is 0 Å². The van der Waals surface area contributed by atoms with Crippen LogP contribution in [0.25, 0.3) is 0 Å². The number of phenols is 1. The smallest absolute Gasteiger partial charge is 0.120 e. The van der Waals surface area contributed by atoms with Crippen LogP contribution in [-0.4, -0.2) is 24.9 Å². The van der Waals surface area contributed by atoms with Crippen molar-refractivity contribution >= 4 is 0 Å². The van der Waals surface area contributed by atoms with Crippen LogP contribution in [0.5, 0.6) is 5.75 Å². The predicted molar refractivity (Wildman–Crippen MR) is 74.8 cm³/mol. The number of hydrogen-bond acceptors (Lipinski definition) is 3. The Labute approximate surface area is 110 Å². The lowest BCUT2D eigenvalue weighted by Crippen LogP contribution is -2.19. The minimum atomic E-state index is 0.355. The van der Waals surface area contributed by atoms with Gasteiger partial charge in [-0.25, -0.2) is 0 Å². The monoisotopic (exact) mass is 251 g/mol. The molecule has 0 fully saturated rings. The lowest BCUT2D eigenvalue weighted by molar-refractivity contribution is 0.125. The van der Waals surface area contributed by atoms with Crippen molar-refractivity contribution in [1.29, 1.82) is 0 Å². The molecule has 0 heterocycles. The lowest BCUT2D eigenvalue weighted by atomic mass is 10.1. The molecule has 0 aliphatic carbocycles. The summed E-state index contributed by atoms with van der Waals surface area (Å²) in [6.07, 6.45) is 1.11. The number of benzene rings is 1. The molecule has 0 saturated carbocycles. The van der Waals surface area contributed by atoms with Crippen molar-refractivity contribution in [3.05, 3.63) is 29.3 Å². The van der Waals surface area contributed by atoms with Crippen molar-refractivity contribution in [2.24, 2.45) is 5.92 Å². The molecule has 102 valence electrons. The quantitative estimate of drug-likeness (QED) is 0.698. The van der Waals surface area contributed by atoms with Gasteiger partial charge in [0.1, 0.15) is 5.75 Å². The molecule has 0 spiro atoms. The van der Waals surface area contributed by atoms with Gasteiger partial charge in [0.25, 0.3) is 0 Å². The fraction of sp³-hybridized carbons (Fsp3) is 0.600. The molecule has 1 rings (SSSR count). The Morgan fingerprint density at radius 3 is 2.78 bits per heavy atom. The Kier molecular flexibility index (Phi) is 6.76. The van der Waals surface area contributed by atoms with E-state index in [9.17, 15) is 5.11 Å². The molecule has 3 nitrogen and oxygen atoms in total. The van der Waals surface area contributed by atoms with E-state index < -0.39 is 0 Å². The summed E-state index contributed by atoms with van der Waals surface area (Å²) in [4.78, 5) is 0. The number of aromatic hydroxyl groups is 1. The van der Waals surface area contributed by atoms with Crippen LogP contribution in [0, 0.1) is 12.8 Å². The average Bonchev–Trinajstić information content (AvgIpc) is 2.32. The Balaban J connectivity index is 2.12. The van der Waals surface area contributed by atoms with Gasteiger partial charge >= 0.3 is 0 Å². The summed E-state index contributed by atoms with van der Waals surface area (Å²) >= 11 is 0. The predicted octanol–water partition coefficient (Wildman–Crippen LogP) is 2.85. The Bertz CT molecular complexity index is 350. The van der Waals surface area contributed by atoms with Gasteiger partial charge in [-0.3, -0.25) is 0 Å². The zero-order chi connectivity index (χ0) is 13.4. The lowest BCUT2D eigenvalue weighted by Gasteiger charge is -2.09. The maximum atomic E-state index is 9.67. The first kappa shape index (κ1) is 15.0. The van der Waals surface area contributed by atoms with E-state index >= 15 is 0 Å². The first-order valence-electron chi connectivity index (χ1n) is 6.66. The molecule has 0 saturated heterocycles. The maximum absolute atomic E-state index is 9.67. The Hall–Kier alpha value is -1.06. The van der Waals surface area contributed by atoms with Crippen molar-refractivity contribution < 1.29 is 9.84 Å². The van der Waals surface area contributed by atoms with Crippen molar-refractivity contribution in [1.82, 2.24) is 5.32 Å². The van der Waals surface area contributed by atoms with Crippen LogP contribution in [0.15, 0.2) is 18.2 Å². The number of ether oxygens (including phenoxy) is 1. The molecule has 0 aliphatic heterocycles. The van der Waals surface area contributed by atoms with Crippen LogP contribution in [0.1, 0.15) is 31.4 Å². The highest BCUT2D eigenvalue weighted by atomic mass is 16.5. The number of rotatable bonds is 8. The van der Waals surface area contributed by atoms with Gasteiger partial charge in [0, 0.05) is 25.3 Å². The topological polar surface area (TPSA) is 41.5 Å². The van der Waals surface area contributed by atoms with Gasteiger partial charge in [-0.05, 0) is 25.3 Å². The first-order chi connectivity index (χ1) is 8.59. The highest BCUT2D eigenvalue weighted by Crippen LogP contribution is 2.17. The number of aryl methyl sites for hydroxylation is 1. The highest BCUT2D eigenvalue weighted by molar-refractivity contribution is 5.35. The average molecular weight is 251 g/mol.